The Kier molecular flexibility index (Phi) is 4.19. The highest BCUT2D eigenvalue weighted by atomic mass is 19.4. The summed E-state index contributed by atoms with van der Waals surface area (Å²) in [5.41, 5.74) is -0.689. The summed E-state index contributed by atoms with van der Waals surface area (Å²) < 4.78 is 37.7. The molecule has 0 aliphatic rings. The molecular formula is C12H13F3N2O4. The van der Waals surface area contributed by atoms with Crippen molar-refractivity contribution >= 4 is 11.0 Å². The minimum absolute atomic E-state index is 0.0374. The lowest BCUT2D eigenvalue weighted by Gasteiger charge is -2.19. The van der Waals surface area contributed by atoms with Gasteiger partial charge in [-0.05, 0) is 18.2 Å². The molecular weight excluding hydrogens is 293 g/mol. The molecule has 0 fully saturated rings. The monoisotopic (exact) mass is 306 g/mol. The first-order chi connectivity index (χ1) is 9.74. The fourth-order valence-corrected chi connectivity index (χ4v) is 1.82. The molecule has 21 heavy (non-hydrogen) atoms. The molecule has 0 bridgehead atoms. The molecule has 0 aliphatic heterocycles. The number of aromatic amines is 1. The number of hydrogen-bond acceptors (Lipinski definition) is 5. The highest BCUT2D eigenvalue weighted by Crippen LogP contribution is 2.31. The van der Waals surface area contributed by atoms with Gasteiger partial charge in [-0.15, -0.1) is 0 Å². The predicted octanol–water partition coefficient (Wildman–Crippen LogP) is 0.329. The summed E-state index contributed by atoms with van der Waals surface area (Å²) in [4.78, 5) is 6.32. The molecule has 5 N–H and O–H groups in total. The van der Waals surface area contributed by atoms with Gasteiger partial charge in [-0.3, -0.25) is 0 Å². The van der Waals surface area contributed by atoms with E-state index in [0.29, 0.717) is 0 Å². The SMILES string of the molecule is OCC(O)C(O)[C@H](O)c1nc2cc(C(F)(F)F)ccc2[nH]1. The van der Waals surface area contributed by atoms with E-state index in [0.717, 1.165) is 18.2 Å². The molecule has 1 aromatic carbocycles. The molecule has 0 spiro atoms. The van der Waals surface area contributed by atoms with Crippen LogP contribution in [0.1, 0.15) is 17.5 Å². The summed E-state index contributed by atoms with van der Waals surface area (Å²) in [6.45, 7) is -0.781. The average molecular weight is 306 g/mol. The van der Waals surface area contributed by atoms with Gasteiger partial charge < -0.3 is 25.4 Å². The number of aliphatic hydroxyl groups excluding tert-OH is 4. The van der Waals surface area contributed by atoms with Crippen LogP contribution in [-0.4, -0.2) is 49.2 Å². The number of alkyl halides is 3. The van der Waals surface area contributed by atoms with E-state index in [2.05, 4.69) is 9.97 Å². The van der Waals surface area contributed by atoms with E-state index in [1.54, 1.807) is 0 Å². The lowest BCUT2D eigenvalue weighted by atomic mass is 10.1. The first-order valence-electron chi connectivity index (χ1n) is 5.96. The molecule has 0 aliphatic carbocycles. The van der Waals surface area contributed by atoms with E-state index < -0.39 is 36.7 Å². The number of H-pyrrole nitrogens is 1. The van der Waals surface area contributed by atoms with Crippen LogP contribution in [0.3, 0.4) is 0 Å². The molecule has 1 aromatic heterocycles. The third-order valence-corrected chi connectivity index (χ3v) is 3.01. The van der Waals surface area contributed by atoms with Gasteiger partial charge in [-0.1, -0.05) is 0 Å². The lowest BCUT2D eigenvalue weighted by Crippen LogP contribution is -2.35. The number of aliphatic hydroxyl groups is 4. The Hall–Kier alpha value is -1.68. The zero-order valence-electron chi connectivity index (χ0n) is 10.5. The first kappa shape index (κ1) is 15.7. The third kappa shape index (κ3) is 3.16. The third-order valence-electron chi connectivity index (χ3n) is 3.01. The quantitative estimate of drug-likeness (QED) is 0.559. The maximum Gasteiger partial charge on any atom is 0.416 e. The summed E-state index contributed by atoms with van der Waals surface area (Å²) in [6.07, 6.45) is -9.51. The standard InChI is InChI=1S/C12H13F3N2O4/c13-12(14,15)5-1-2-6-7(3-5)17-11(16-6)10(21)9(20)8(19)4-18/h1-3,8-10,18-21H,4H2,(H,16,17)/t8?,9?,10-/m0/s1. The Morgan fingerprint density at radius 2 is 1.86 bits per heavy atom. The van der Waals surface area contributed by atoms with Crippen molar-refractivity contribution in [1.29, 1.82) is 0 Å². The molecule has 0 saturated carbocycles. The normalized spacial score (nSPS) is 16.9. The second kappa shape index (κ2) is 5.60. The van der Waals surface area contributed by atoms with Crippen LogP contribution in [0.25, 0.3) is 11.0 Å². The summed E-state index contributed by atoms with van der Waals surface area (Å²) in [5, 5.41) is 37.3. The predicted molar refractivity (Wildman–Crippen MR) is 65.2 cm³/mol. The van der Waals surface area contributed by atoms with Crippen LogP contribution in [0.2, 0.25) is 0 Å². The first-order valence-corrected chi connectivity index (χ1v) is 5.96. The lowest BCUT2D eigenvalue weighted by molar-refractivity contribution is -0.137. The zero-order chi connectivity index (χ0) is 15.8. The number of fused-ring (bicyclic) bond motifs is 1. The second-order valence-corrected chi connectivity index (χ2v) is 4.54. The Bertz CT molecular complexity index is 628. The number of imidazole rings is 1. The van der Waals surface area contributed by atoms with Crippen molar-refractivity contribution in [3.05, 3.63) is 29.6 Å². The molecule has 9 heteroatoms. The van der Waals surface area contributed by atoms with Crippen LogP contribution in [0.5, 0.6) is 0 Å². The van der Waals surface area contributed by atoms with Gasteiger partial charge in [0.25, 0.3) is 0 Å². The maximum absolute atomic E-state index is 12.6. The van der Waals surface area contributed by atoms with Gasteiger partial charge in [-0.2, -0.15) is 13.2 Å². The molecule has 2 unspecified atom stereocenters. The van der Waals surface area contributed by atoms with Crippen LogP contribution in [-0.2, 0) is 6.18 Å². The van der Waals surface area contributed by atoms with Gasteiger partial charge in [0.05, 0.1) is 23.2 Å². The van der Waals surface area contributed by atoms with E-state index in [1.165, 1.54) is 0 Å². The molecule has 2 aromatic rings. The van der Waals surface area contributed by atoms with Crippen LogP contribution >= 0.6 is 0 Å². The van der Waals surface area contributed by atoms with Crippen molar-refractivity contribution in [3.63, 3.8) is 0 Å². The molecule has 2 rings (SSSR count). The van der Waals surface area contributed by atoms with Gasteiger partial charge in [0, 0.05) is 0 Å². The van der Waals surface area contributed by atoms with Crippen molar-refractivity contribution in [2.24, 2.45) is 0 Å². The number of hydrogen-bond donors (Lipinski definition) is 5. The Morgan fingerprint density at radius 3 is 2.43 bits per heavy atom. The van der Waals surface area contributed by atoms with Crippen LogP contribution in [0.4, 0.5) is 13.2 Å². The summed E-state index contributed by atoms with van der Waals surface area (Å²) >= 11 is 0. The number of aromatic nitrogens is 2. The molecule has 0 saturated heterocycles. The number of rotatable bonds is 4. The summed E-state index contributed by atoms with van der Waals surface area (Å²) in [7, 11) is 0. The van der Waals surface area contributed by atoms with Crippen molar-refractivity contribution in [2.75, 3.05) is 6.61 Å². The Morgan fingerprint density at radius 1 is 1.19 bits per heavy atom. The molecule has 6 nitrogen and oxygen atoms in total. The number of halogens is 3. The van der Waals surface area contributed by atoms with E-state index in [9.17, 15) is 28.5 Å². The van der Waals surface area contributed by atoms with Gasteiger partial charge in [0.2, 0.25) is 0 Å². The Labute approximate surface area is 116 Å². The second-order valence-electron chi connectivity index (χ2n) is 4.54. The topological polar surface area (TPSA) is 110 Å². The van der Waals surface area contributed by atoms with Gasteiger partial charge in [0.15, 0.2) is 0 Å². The van der Waals surface area contributed by atoms with Crippen molar-refractivity contribution in [2.45, 2.75) is 24.5 Å². The van der Waals surface area contributed by atoms with Crippen LogP contribution in [0, 0.1) is 0 Å². The zero-order valence-corrected chi connectivity index (χ0v) is 10.5. The summed E-state index contributed by atoms with van der Waals surface area (Å²) in [5.74, 6) is -0.204. The van der Waals surface area contributed by atoms with Crippen LogP contribution < -0.4 is 0 Å². The Balaban J connectivity index is 2.35. The van der Waals surface area contributed by atoms with Crippen LogP contribution in [0.15, 0.2) is 18.2 Å². The minimum atomic E-state index is -4.52. The smallest absolute Gasteiger partial charge is 0.394 e. The highest BCUT2D eigenvalue weighted by Gasteiger charge is 2.32. The number of nitrogens with zero attached hydrogens (tertiary/aromatic N) is 1. The largest absolute Gasteiger partial charge is 0.416 e. The fourth-order valence-electron chi connectivity index (χ4n) is 1.82. The van der Waals surface area contributed by atoms with E-state index in [4.69, 9.17) is 5.11 Å². The molecule has 3 atom stereocenters. The molecule has 0 amide bonds. The fraction of sp³-hybridized carbons (Fsp3) is 0.417. The van der Waals surface area contributed by atoms with Crippen molar-refractivity contribution in [1.82, 2.24) is 9.97 Å². The van der Waals surface area contributed by atoms with Crippen molar-refractivity contribution < 1.29 is 33.6 Å². The molecule has 1 heterocycles. The minimum Gasteiger partial charge on any atom is -0.394 e. The average Bonchev–Trinajstić information content (AvgIpc) is 2.86. The molecule has 116 valence electrons. The number of nitrogens with one attached hydrogen (secondary N) is 1. The van der Waals surface area contributed by atoms with Gasteiger partial charge >= 0.3 is 6.18 Å². The highest BCUT2D eigenvalue weighted by molar-refractivity contribution is 5.76. The van der Waals surface area contributed by atoms with Crippen molar-refractivity contribution in [3.8, 4) is 0 Å². The van der Waals surface area contributed by atoms with Gasteiger partial charge in [0.1, 0.15) is 24.1 Å². The van der Waals surface area contributed by atoms with E-state index >= 15 is 0 Å². The van der Waals surface area contributed by atoms with E-state index in [-0.39, 0.29) is 16.9 Å². The summed E-state index contributed by atoms with van der Waals surface area (Å²) in [6, 6.07) is 2.81. The van der Waals surface area contributed by atoms with Gasteiger partial charge in [-0.25, -0.2) is 4.98 Å². The van der Waals surface area contributed by atoms with E-state index in [1.807, 2.05) is 0 Å². The molecule has 0 radical (unpaired) electrons. The number of benzene rings is 1. The maximum atomic E-state index is 12.6.